The average Bonchev–Trinajstić information content (AvgIpc) is 3.57. The number of nitrogens with zero attached hydrogens (tertiary/aromatic N) is 4. The van der Waals surface area contributed by atoms with Crippen molar-refractivity contribution in [2.45, 2.75) is 59.3 Å². The van der Waals surface area contributed by atoms with Gasteiger partial charge in [0.15, 0.2) is 0 Å². The molecule has 0 spiro atoms. The summed E-state index contributed by atoms with van der Waals surface area (Å²) in [6.07, 6.45) is 3.89. The number of hydrogen-bond donors (Lipinski definition) is 1. The molecule has 0 aliphatic carbocycles. The molecule has 0 aliphatic heterocycles. The molecule has 0 aliphatic rings. The van der Waals surface area contributed by atoms with Crippen molar-refractivity contribution >= 4 is 21.8 Å². The molecule has 5 aromatic carbocycles. The van der Waals surface area contributed by atoms with Gasteiger partial charge in [-0.3, -0.25) is 9.97 Å². The van der Waals surface area contributed by atoms with Gasteiger partial charge in [-0.15, -0.1) is 0 Å². The zero-order chi connectivity index (χ0) is 41.1. The van der Waals surface area contributed by atoms with Crippen LogP contribution in [-0.4, -0.2) is 24.6 Å². The number of phenols is 1. The third kappa shape index (κ3) is 7.18. The molecule has 1 N–H and O–H groups in total. The van der Waals surface area contributed by atoms with Crippen LogP contribution in [0.5, 0.6) is 5.75 Å². The molecular weight excluding hydrogens is 721 g/mol. The van der Waals surface area contributed by atoms with Gasteiger partial charge in [0.25, 0.3) is 0 Å². The second-order valence-corrected chi connectivity index (χ2v) is 17.7. The molecule has 0 saturated carbocycles. The summed E-state index contributed by atoms with van der Waals surface area (Å²) in [5.74, 6) is 0.199. The number of phenolic OH excluding ortho intramolecular Hbond substituents is 1. The van der Waals surface area contributed by atoms with Crippen LogP contribution in [0, 0.1) is 6.92 Å². The lowest BCUT2D eigenvalue weighted by Crippen LogP contribution is -2.16. The third-order valence-corrected chi connectivity index (χ3v) is 11.4. The van der Waals surface area contributed by atoms with Crippen LogP contribution >= 0.6 is 0 Å². The SMILES string of the molecule is Cc1cc2c3cccc(-c4ccnc(-c5cccc(-c6cc(-c7cc(C(C)(C)C)cc(C(C)(C)C)c7)cc(-c7ccccc7O)n6)c5)c4)c3n(-c3ccccc3)c2cn1. The van der Waals surface area contributed by atoms with Crippen LogP contribution in [0.3, 0.4) is 0 Å². The number of aromatic hydroxyl groups is 1. The van der Waals surface area contributed by atoms with Crippen LogP contribution in [0.4, 0.5) is 0 Å². The van der Waals surface area contributed by atoms with E-state index < -0.39 is 0 Å². The standard InChI is InChI=1S/C54H48N4O/c1-34-25-46-44-21-14-20-43(52(44)58(50(46)33-56-34)42-17-9-8-10-18-42)35-23-24-55-47(29-35)36-15-13-16-37(26-36)48-30-39(31-49(57-48)45-19-11-12-22-51(45)59)38-27-40(53(2,3)4)32-41(28-38)54(5,6)7/h8-33,59H,1-7H3. The summed E-state index contributed by atoms with van der Waals surface area (Å²) in [4.78, 5) is 14.8. The van der Waals surface area contributed by atoms with Gasteiger partial charge in [-0.05, 0) is 106 Å². The lowest BCUT2D eigenvalue weighted by atomic mass is 9.79. The van der Waals surface area contributed by atoms with E-state index in [0.29, 0.717) is 11.3 Å². The zero-order valence-electron chi connectivity index (χ0n) is 34.7. The molecule has 0 bridgehead atoms. The monoisotopic (exact) mass is 768 g/mol. The van der Waals surface area contributed by atoms with E-state index in [1.165, 1.54) is 21.9 Å². The minimum atomic E-state index is -0.0395. The molecule has 9 aromatic rings. The Bertz CT molecular complexity index is 3000. The van der Waals surface area contributed by atoms with Crippen molar-refractivity contribution in [2.75, 3.05) is 0 Å². The Labute approximate surface area is 346 Å². The van der Waals surface area contributed by atoms with Crippen LogP contribution in [0.2, 0.25) is 0 Å². The lowest BCUT2D eigenvalue weighted by Gasteiger charge is -2.26. The van der Waals surface area contributed by atoms with Crippen molar-refractivity contribution in [1.82, 2.24) is 19.5 Å². The highest BCUT2D eigenvalue weighted by Gasteiger charge is 2.23. The van der Waals surface area contributed by atoms with Gasteiger partial charge >= 0.3 is 0 Å². The Hall–Kier alpha value is -6.85. The van der Waals surface area contributed by atoms with Crippen LogP contribution in [0.25, 0.3) is 83.5 Å². The zero-order valence-corrected chi connectivity index (χ0v) is 34.7. The number of aryl methyl sites for hydroxylation is 1. The van der Waals surface area contributed by atoms with E-state index in [4.69, 9.17) is 15.0 Å². The van der Waals surface area contributed by atoms with E-state index >= 15 is 0 Å². The van der Waals surface area contributed by atoms with E-state index in [9.17, 15) is 5.11 Å². The minimum Gasteiger partial charge on any atom is -0.507 e. The first-order chi connectivity index (χ1) is 28.3. The highest BCUT2D eigenvalue weighted by atomic mass is 16.3. The molecule has 0 radical (unpaired) electrons. The molecular formula is C54H48N4O. The predicted molar refractivity (Wildman–Crippen MR) is 245 cm³/mol. The van der Waals surface area contributed by atoms with Gasteiger partial charge in [-0.1, -0.05) is 126 Å². The maximum Gasteiger partial charge on any atom is 0.124 e. The van der Waals surface area contributed by atoms with E-state index in [1.807, 2.05) is 37.5 Å². The number of rotatable bonds is 6. The van der Waals surface area contributed by atoms with Gasteiger partial charge in [-0.25, -0.2) is 4.98 Å². The molecule has 5 heteroatoms. The summed E-state index contributed by atoms with van der Waals surface area (Å²) in [5, 5.41) is 13.4. The number of benzene rings is 5. The van der Waals surface area contributed by atoms with Crippen LogP contribution in [-0.2, 0) is 10.8 Å². The van der Waals surface area contributed by atoms with E-state index in [0.717, 1.165) is 67.2 Å². The molecule has 0 unspecified atom stereocenters. The van der Waals surface area contributed by atoms with Gasteiger partial charge in [0.2, 0.25) is 0 Å². The quantitative estimate of drug-likeness (QED) is 0.183. The Balaban J connectivity index is 1.19. The second-order valence-electron chi connectivity index (χ2n) is 17.7. The van der Waals surface area contributed by atoms with E-state index in [-0.39, 0.29) is 16.6 Å². The molecule has 5 nitrogen and oxygen atoms in total. The minimum absolute atomic E-state index is 0.0395. The first-order valence-corrected chi connectivity index (χ1v) is 20.3. The smallest absolute Gasteiger partial charge is 0.124 e. The van der Waals surface area contributed by atoms with Crippen molar-refractivity contribution in [1.29, 1.82) is 0 Å². The van der Waals surface area contributed by atoms with Crippen LogP contribution in [0.15, 0.2) is 158 Å². The topological polar surface area (TPSA) is 63.8 Å². The van der Waals surface area contributed by atoms with Crippen molar-refractivity contribution in [2.24, 2.45) is 0 Å². The van der Waals surface area contributed by atoms with Gasteiger partial charge in [0, 0.05) is 50.6 Å². The van der Waals surface area contributed by atoms with Crippen molar-refractivity contribution in [3.8, 4) is 67.5 Å². The van der Waals surface area contributed by atoms with E-state index in [2.05, 4.69) is 167 Å². The van der Waals surface area contributed by atoms with Crippen molar-refractivity contribution in [3.05, 3.63) is 175 Å². The Morgan fingerprint density at radius 2 is 1.12 bits per heavy atom. The second kappa shape index (κ2) is 14.5. The molecule has 4 heterocycles. The Kier molecular flexibility index (Phi) is 9.28. The predicted octanol–water partition coefficient (Wildman–Crippen LogP) is 13.9. The number of hydrogen-bond acceptors (Lipinski definition) is 4. The summed E-state index contributed by atoms with van der Waals surface area (Å²) >= 11 is 0. The fourth-order valence-electron chi connectivity index (χ4n) is 8.07. The van der Waals surface area contributed by atoms with Crippen molar-refractivity contribution < 1.29 is 5.11 Å². The summed E-state index contributed by atoms with van der Waals surface area (Å²) in [6.45, 7) is 15.6. The maximum atomic E-state index is 11.0. The molecule has 9 rings (SSSR count). The molecule has 4 aromatic heterocycles. The first-order valence-electron chi connectivity index (χ1n) is 20.3. The summed E-state index contributed by atoms with van der Waals surface area (Å²) < 4.78 is 2.33. The van der Waals surface area contributed by atoms with Gasteiger partial charge < -0.3 is 9.67 Å². The molecule has 59 heavy (non-hydrogen) atoms. The average molecular weight is 769 g/mol. The number of pyridine rings is 3. The normalized spacial score (nSPS) is 12.1. The summed E-state index contributed by atoms with van der Waals surface area (Å²) in [6, 6.07) is 50.7. The van der Waals surface area contributed by atoms with E-state index in [1.54, 1.807) is 6.07 Å². The first kappa shape index (κ1) is 37.7. The molecule has 0 amide bonds. The van der Waals surface area contributed by atoms with Crippen LogP contribution in [0.1, 0.15) is 58.4 Å². The highest BCUT2D eigenvalue weighted by molar-refractivity contribution is 6.13. The van der Waals surface area contributed by atoms with Crippen molar-refractivity contribution in [3.63, 3.8) is 0 Å². The molecule has 0 atom stereocenters. The summed E-state index contributed by atoms with van der Waals surface area (Å²) in [7, 11) is 0. The number of para-hydroxylation sites is 3. The Morgan fingerprint density at radius 3 is 1.85 bits per heavy atom. The molecule has 0 fully saturated rings. The lowest BCUT2D eigenvalue weighted by molar-refractivity contribution is 0.477. The summed E-state index contributed by atoms with van der Waals surface area (Å²) in [5.41, 5.74) is 16.2. The number of fused-ring (bicyclic) bond motifs is 3. The van der Waals surface area contributed by atoms with Gasteiger partial charge in [-0.2, -0.15) is 0 Å². The van der Waals surface area contributed by atoms with Gasteiger partial charge in [0.1, 0.15) is 5.75 Å². The van der Waals surface area contributed by atoms with Gasteiger partial charge in [0.05, 0.1) is 34.3 Å². The largest absolute Gasteiger partial charge is 0.507 e. The molecule has 0 saturated heterocycles. The molecule has 290 valence electrons. The highest BCUT2D eigenvalue weighted by Crippen LogP contribution is 2.41. The maximum absolute atomic E-state index is 11.0. The number of aromatic nitrogens is 4. The van der Waals surface area contributed by atoms with Crippen LogP contribution < -0.4 is 0 Å². The fraction of sp³-hybridized carbons (Fsp3) is 0.167. The Morgan fingerprint density at radius 1 is 0.492 bits per heavy atom. The third-order valence-electron chi connectivity index (χ3n) is 11.4. The fourth-order valence-corrected chi connectivity index (χ4v) is 8.07.